The Morgan fingerprint density at radius 2 is 2.13 bits per heavy atom. The minimum absolute atomic E-state index is 0.458. The normalized spacial score (nSPS) is 18.0. The minimum atomic E-state index is -2.63. The molecule has 0 bridgehead atoms. The fourth-order valence-corrected chi connectivity index (χ4v) is 3.85. The molecule has 23 heavy (non-hydrogen) atoms. The average Bonchev–Trinajstić information content (AvgIpc) is 3.03. The van der Waals surface area contributed by atoms with Crippen molar-refractivity contribution < 1.29 is 8.42 Å². The molecule has 1 saturated carbocycles. The quantitative estimate of drug-likeness (QED) is 0.639. The van der Waals surface area contributed by atoms with Gasteiger partial charge >= 0.3 is 0 Å². The smallest absolute Gasteiger partial charge is 0.202 e. The second-order valence-electron chi connectivity index (χ2n) is 5.99. The van der Waals surface area contributed by atoms with Crippen molar-refractivity contribution in [2.75, 3.05) is 0 Å². The molecule has 2 aliphatic rings. The Labute approximate surface area is 135 Å². The Kier molecular flexibility index (Phi) is 3.14. The van der Waals surface area contributed by atoms with Crippen LogP contribution >= 0.6 is 0 Å². The second-order valence-corrected chi connectivity index (χ2v) is 6.72. The molecule has 1 N–H and O–H groups in total. The fourth-order valence-electron chi connectivity index (χ4n) is 3.14. The molecule has 1 aliphatic carbocycles. The molecule has 0 amide bonds. The number of thiol groups is 1. The zero-order valence-corrected chi connectivity index (χ0v) is 13.2. The predicted octanol–water partition coefficient (Wildman–Crippen LogP) is 0.774. The van der Waals surface area contributed by atoms with E-state index in [1.165, 1.54) is 0 Å². The van der Waals surface area contributed by atoms with Crippen molar-refractivity contribution >= 4 is 10.9 Å². The summed E-state index contributed by atoms with van der Waals surface area (Å²) in [4.78, 5) is 1.68. The van der Waals surface area contributed by atoms with Gasteiger partial charge in [0.1, 0.15) is 0 Å². The molecule has 1 aromatic carbocycles. The van der Waals surface area contributed by atoms with Crippen LogP contribution in [0.2, 0.25) is 0 Å². The van der Waals surface area contributed by atoms with Gasteiger partial charge < -0.3 is 4.90 Å². The molecule has 0 spiro atoms. The molecule has 1 fully saturated rings. The predicted molar refractivity (Wildman–Crippen MR) is 82.8 cm³/mol. The Morgan fingerprint density at radius 3 is 2.83 bits per heavy atom. The molecule has 4 rings (SSSR count). The summed E-state index contributed by atoms with van der Waals surface area (Å²) in [7, 11) is -2.63. The Balaban J connectivity index is 1.70. The number of nitriles is 1. The Hall–Kier alpha value is -2.37. The highest BCUT2D eigenvalue weighted by Crippen LogP contribution is 2.45. The van der Waals surface area contributed by atoms with Gasteiger partial charge in [-0.05, 0) is 30.5 Å². The van der Waals surface area contributed by atoms with Crippen LogP contribution in [0.15, 0.2) is 30.5 Å². The van der Waals surface area contributed by atoms with Crippen LogP contribution in [0.3, 0.4) is 0 Å². The molecular weight excluding hydrogens is 314 g/mol. The van der Waals surface area contributed by atoms with Crippen LogP contribution in [-0.4, -0.2) is 23.1 Å². The van der Waals surface area contributed by atoms with E-state index in [1.807, 2.05) is 28.9 Å². The molecule has 1 aromatic heterocycles. The SMILES string of the molecule is N#CN1Cc2cnn(-c3cccc(C4(N[SH](=O)=O)CC4)c3)c2C1. The zero-order chi connectivity index (χ0) is 16.0. The van der Waals surface area contributed by atoms with E-state index in [0.717, 1.165) is 35.3 Å². The van der Waals surface area contributed by atoms with E-state index >= 15 is 0 Å². The molecule has 0 radical (unpaired) electrons. The van der Waals surface area contributed by atoms with E-state index in [9.17, 15) is 8.42 Å². The minimum Gasteiger partial charge on any atom is -0.300 e. The first-order valence-electron chi connectivity index (χ1n) is 7.35. The number of benzene rings is 1. The molecule has 118 valence electrons. The lowest BCUT2D eigenvalue weighted by atomic mass is 10.1. The summed E-state index contributed by atoms with van der Waals surface area (Å²) in [6, 6.07) is 7.77. The fraction of sp³-hybridized carbons (Fsp3) is 0.333. The lowest BCUT2D eigenvalue weighted by Gasteiger charge is -2.15. The first kappa shape index (κ1) is 14.2. The van der Waals surface area contributed by atoms with Crippen LogP contribution in [0.4, 0.5) is 0 Å². The van der Waals surface area contributed by atoms with Crippen molar-refractivity contribution in [2.45, 2.75) is 31.5 Å². The van der Waals surface area contributed by atoms with Crippen LogP contribution in [0.25, 0.3) is 5.69 Å². The molecule has 0 unspecified atom stereocenters. The monoisotopic (exact) mass is 329 g/mol. The molecule has 2 heterocycles. The molecule has 0 atom stereocenters. The standard InChI is InChI=1S/C15H15N5O2S/c16-10-19-8-11-7-17-20(14(11)9-19)13-3-1-2-12(6-13)15(4-5-15)18-23(21)22/h1-3,6-7,23H,4-5,8-9H2,(H,18,21,22). The van der Waals surface area contributed by atoms with Crippen LogP contribution in [0.1, 0.15) is 29.7 Å². The molecule has 2 aromatic rings. The number of nitrogens with zero attached hydrogens (tertiary/aromatic N) is 4. The number of hydrogen-bond acceptors (Lipinski definition) is 5. The summed E-state index contributed by atoms with van der Waals surface area (Å²) in [5, 5.41) is 13.5. The van der Waals surface area contributed by atoms with E-state index in [-0.39, 0.29) is 0 Å². The van der Waals surface area contributed by atoms with Crippen LogP contribution in [0.5, 0.6) is 0 Å². The van der Waals surface area contributed by atoms with Crippen molar-refractivity contribution in [3.05, 3.63) is 47.3 Å². The Morgan fingerprint density at radius 1 is 1.30 bits per heavy atom. The summed E-state index contributed by atoms with van der Waals surface area (Å²) < 4.78 is 26.6. The first-order chi connectivity index (χ1) is 11.1. The van der Waals surface area contributed by atoms with Gasteiger partial charge in [-0.1, -0.05) is 12.1 Å². The molecule has 8 heteroatoms. The van der Waals surface area contributed by atoms with Gasteiger partial charge in [0.25, 0.3) is 0 Å². The highest BCUT2D eigenvalue weighted by Gasteiger charge is 2.45. The van der Waals surface area contributed by atoms with Gasteiger partial charge in [-0.2, -0.15) is 10.4 Å². The third-order valence-electron chi connectivity index (χ3n) is 4.50. The number of hydrogen-bond donors (Lipinski definition) is 2. The van der Waals surface area contributed by atoms with Crippen molar-refractivity contribution in [2.24, 2.45) is 0 Å². The van der Waals surface area contributed by atoms with E-state index in [0.29, 0.717) is 13.1 Å². The van der Waals surface area contributed by atoms with Gasteiger partial charge in [-0.3, -0.25) is 0 Å². The maximum Gasteiger partial charge on any atom is 0.202 e. The number of rotatable bonds is 4. The van der Waals surface area contributed by atoms with Crippen molar-refractivity contribution in [1.29, 1.82) is 5.26 Å². The molecule has 0 saturated heterocycles. The summed E-state index contributed by atoms with van der Waals surface area (Å²) >= 11 is 0. The highest BCUT2D eigenvalue weighted by molar-refractivity contribution is 7.70. The number of aromatic nitrogens is 2. The third kappa shape index (κ3) is 2.38. The lowest BCUT2D eigenvalue weighted by Crippen LogP contribution is -2.27. The van der Waals surface area contributed by atoms with Gasteiger partial charge in [0.05, 0.1) is 36.2 Å². The maximum atomic E-state index is 11.0. The highest BCUT2D eigenvalue weighted by atomic mass is 32.2. The van der Waals surface area contributed by atoms with Crippen LogP contribution in [-0.2, 0) is 29.5 Å². The summed E-state index contributed by atoms with van der Waals surface area (Å²) in [6.07, 6.45) is 5.56. The van der Waals surface area contributed by atoms with E-state index < -0.39 is 16.4 Å². The third-order valence-corrected chi connectivity index (χ3v) is 5.11. The van der Waals surface area contributed by atoms with Gasteiger partial charge in [-0.15, -0.1) is 0 Å². The summed E-state index contributed by atoms with van der Waals surface area (Å²) in [5.41, 5.74) is 3.45. The van der Waals surface area contributed by atoms with Crippen molar-refractivity contribution in [3.8, 4) is 11.9 Å². The van der Waals surface area contributed by atoms with E-state index in [1.54, 1.807) is 11.1 Å². The largest absolute Gasteiger partial charge is 0.300 e. The lowest BCUT2D eigenvalue weighted by molar-refractivity contribution is 0.408. The van der Waals surface area contributed by atoms with Crippen LogP contribution < -0.4 is 4.72 Å². The van der Waals surface area contributed by atoms with Gasteiger partial charge in [-0.25, -0.2) is 17.8 Å². The second kappa shape index (κ2) is 5.08. The molecule has 1 aliphatic heterocycles. The van der Waals surface area contributed by atoms with Crippen molar-refractivity contribution in [1.82, 2.24) is 19.4 Å². The summed E-state index contributed by atoms with van der Waals surface area (Å²) in [5.74, 6) is 0. The first-order valence-corrected chi connectivity index (χ1v) is 8.53. The van der Waals surface area contributed by atoms with Gasteiger partial charge in [0, 0.05) is 5.56 Å². The number of nitrogens with one attached hydrogen (secondary N) is 1. The van der Waals surface area contributed by atoms with Crippen molar-refractivity contribution in [3.63, 3.8) is 0 Å². The Bertz CT molecular complexity index is 884. The van der Waals surface area contributed by atoms with Crippen LogP contribution in [0, 0.1) is 11.5 Å². The average molecular weight is 329 g/mol. The topological polar surface area (TPSA) is 91.0 Å². The van der Waals surface area contributed by atoms with E-state index in [2.05, 4.69) is 16.0 Å². The van der Waals surface area contributed by atoms with Gasteiger partial charge in [0.2, 0.25) is 10.9 Å². The van der Waals surface area contributed by atoms with E-state index in [4.69, 9.17) is 5.26 Å². The number of fused-ring (bicyclic) bond motifs is 1. The summed E-state index contributed by atoms with van der Waals surface area (Å²) in [6.45, 7) is 1.14. The molecular formula is C15H15N5O2S. The molecule has 7 nitrogen and oxygen atoms in total. The van der Waals surface area contributed by atoms with Gasteiger partial charge in [0.15, 0.2) is 6.19 Å². The maximum absolute atomic E-state index is 11.0. The zero-order valence-electron chi connectivity index (χ0n) is 12.3.